The maximum atomic E-state index is 5.56. The molecule has 2 heterocycles. The lowest BCUT2D eigenvalue weighted by molar-refractivity contribution is 0.357. The molecule has 1 aromatic heterocycles. The second kappa shape index (κ2) is 4.35. The summed E-state index contributed by atoms with van der Waals surface area (Å²) in [6.07, 6.45) is 2.79. The largest absolute Gasteiger partial charge is 0.493 e. The molecule has 0 bridgehead atoms. The fourth-order valence-electron chi connectivity index (χ4n) is 1.85. The summed E-state index contributed by atoms with van der Waals surface area (Å²) in [5.41, 5.74) is 7.86. The third kappa shape index (κ3) is 2.11. The zero-order chi connectivity index (χ0) is 11.7. The highest BCUT2D eigenvalue weighted by Gasteiger charge is 2.12. The van der Waals surface area contributed by atoms with Crippen molar-refractivity contribution in [3.63, 3.8) is 0 Å². The van der Waals surface area contributed by atoms with Gasteiger partial charge in [0.1, 0.15) is 5.75 Å². The smallest absolute Gasteiger partial charge is 0.187 e. The summed E-state index contributed by atoms with van der Waals surface area (Å²) in [6, 6.07) is 6.13. The summed E-state index contributed by atoms with van der Waals surface area (Å²) >= 11 is 1.58. The van der Waals surface area contributed by atoms with Crippen molar-refractivity contribution in [1.82, 2.24) is 4.98 Å². The van der Waals surface area contributed by atoms with Gasteiger partial charge in [-0.25, -0.2) is 4.98 Å². The number of nitrogens with two attached hydrogens (primary N) is 1. The van der Waals surface area contributed by atoms with Crippen molar-refractivity contribution in [2.75, 3.05) is 11.9 Å². The Hall–Kier alpha value is -1.59. The Morgan fingerprint density at radius 3 is 3.24 bits per heavy atom. The van der Waals surface area contributed by atoms with Crippen LogP contribution in [0.1, 0.15) is 10.4 Å². The summed E-state index contributed by atoms with van der Waals surface area (Å²) in [7, 11) is 0. The van der Waals surface area contributed by atoms with Crippen molar-refractivity contribution < 1.29 is 4.74 Å². The summed E-state index contributed by atoms with van der Waals surface area (Å²) in [6.45, 7) is 1.32. The molecule has 0 aliphatic carbocycles. The molecule has 0 saturated heterocycles. The van der Waals surface area contributed by atoms with E-state index in [0.29, 0.717) is 6.54 Å². The zero-order valence-corrected chi connectivity index (χ0v) is 10.1. The molecule has 0 atom stereocenters. The molecule has 17 heavy (non-hydrogen) atoms. The Kier molecular flexibility index (Phi) is 2.70. The van der Waals surface area contributed by atoms with E-state index >= 15 is 0 Å². The van der Waals surface area contributed by atoms with Crippen molar-refractivity contribution in [2.45, 2.75) is 13.0 Å². The molecule has 0 fully saturated rings. The first kappa shape index (κ1) is 10.6. The van der Waals surface area contributed by atoms with E-state index in [2.05, 4.69) is 16.4 Å². The van der Waals surface area contributed by atoms with Gasteiger partial charge in [-0.15, -0.1) is 11.3 Å². The first-order chi connectivity index (χ1) is 8.35. The van der Waals surface area contributed by atoms with Crippen LogP contribution in [0.5, 0.6) is 5.75 Å². The highest BCUT2D eigenvalue weighted by molar-refractivity contribution is 7.15. The summed E-state index contributed by atoms with van der Waals surface area (Å²) in [4.78, 5) is 5.35. The maximum absolute atomic E-state index is 5.56. The van der Waals surface area contributed by atoms with E-state index in [9.17, 15) is 0 Å². The predicted molar refractivity (Wildman–Crippen MR) is 68.9 cm³/mol. The Morgan fingerprint density at radius 1 is 1.47 bits per heavy atom. The van der Waals surface area contributed by atoms with E-state index in [0.717, 1.165) is 34.5 Å². The van der Waals surface area contributed by atoms with Crippen molar-refractivity contribution in [3.8, 4) is 5.75 Å². The SMILES string of the molecule is NCc1cnc(Nc2ccc3c(c2)CCO3)s1. The molecule has 1 aliphatic heterocycles. The summed E-state index contributed by atoms with van der Waals surface area (Å²) in [5.74, 6) is 0.998. The molecular formula is C12H13N3OS. The normalized spacial score (nSPS) is 13.2. The molecule has 1 aliphatic rings. The van der Waals surface area contributed by atoms with E-state index in [4.69, 9.17) is 10.5 Å². The van der Waals surface area contributed by atoms with Gasteiger partial charge in [-0.05, 0) is 23.8 Å². The average molecular weight is 247 g/mol. The lowest BCUT2D eigenvalue weighted by atomic mass is 10.1. The number of hydrogen-bond donors (Lipinski definition) is 2. The lowest BCUT2D eigenvalue weighted by Crippen LogP contribution is -1.91. The number of anilines is 2. The van der Waals surface area contributed by atoms with Crippen LogP contribution in [-0.4, -0.2) is 11.6 Å². The first-order valence-corrected chi connectivity index (χ1v) is 6.34. The monoisotopic (exact) mass is 247 g/mol. The number of aromatic nitrogens is 1. The third-order valence-corrected chi connectivity index (χ3v) is 3.63. The van der Waals surface area contributed by atoms with E-state index in [-0.39, 0.29) is 0 Å². The number of ether oxygens (including phenoxy) is 1. The Balaban J connectivity index is 1.80. The van der Waals surface area contributed by atoms with Crippen LogP contribution in [0, 0.1) is 0 Å². The van der Waals surface area contributed by atoms with E-state index in [1.165, 1.54) is 5.56 Å². The first-order valence-electron chi connectivity index (χ1n) is 5.52. The van der Waals surface area contributed by atoms with Crippen LogP contribution in [0.25, 0.3) is 0 Å². The highest BCUT2D eigenvalue weighted by Crippen LogP contribution is 2.30. The number of thiazole rings is 1. The average Bonchev–Trinajstić information content (AvgIpc) is 2.96. The molecule has 1 aromatic carbocycles. The number of rotatable bonds is 3. The molecule has 0 radical (unpaired) electrons. The third-order valence-electron chi connectivity index (χ3n) is 2.70. The summed E-state index contributed by atoms with van der Waals surface area (Å²) in [5, 5.41) is 4.16. The molecule has 4 nitrogen and oxygen atoms in total. The standard InChI is InChI=1S/C12H13N3OS/c13-6-10-7-14-12(17-10)15-9-1-2-11-8(5-9)3-4-16-11/h1-2,5,7H,3-4,6,13H2,(H,14,15). The van der Waals surface area contributed by atoms with Gasteiger partial charge in [-0.2, -0.15) is 0 Å². The Morgan fingerprint density at radius 2 is 2.41 bits per heavy atom. The van der Waals surface area contributed by atoms with Crippen LogP contribution in [0.3, 0.4) is 0 Å². The molecule has 0 unspecified atom stereocenters. The van der Waals surface area contributed by atoms with Gasteiger partial charge < -0.3 is 15.8 Å². The minimum Gasteiger partial charge on any atom is -0.493 e. The molecular weight excluding hydrogens is 234 g/mol. The van der Waals surface area contributed by atoms with Crippen molar-refractivity contribution >= 4 is 22.2 Å². The molecule has 88 valence electrons. The van der Waals surface area contributed by atoms with Gasteiger partial charge in [-0.1, -0.05) is 0 Å². The second-order valence-corrected chi connectivity index (χ2v) is 5.00. The molecule has 2 aromatic rings. The maximum Gasteiger partial charge on any atom is 0.187 e. The van der Waals surface area contributed by atoms with Crippen molar-refractivity contribution in [2.24, 2.45) is 5.73 Å². The van der Waals surface area contributed by atoms with Crippen molar-refractivity contribution in [1.29, 1.82) is 0 Å². The second-order valence-electron chi connectivity index (χ2n) is 3.88. The number of nitrogens with zero attached hydrogens (tertiary/aromatic N) is 1. The van der Waals surface area contributed by atoms with Gasteiger partial charge in [0.2, 0.25) is 0 Å². The Bertz CT molecular complexity index is 538. The molecule has 0 amide bonds. The van der Waals surface area contributed by atoms with Gasteiger partial charge in [0, 0.05) is 29.7 Å². The van der Waals surface area contributed by atoms with Gasteiger partial charge in [0.15, 0.2) is 5.13 Å². The minimum absolute atomic E-state index is 0.539. The fraction of sp³-hybridized carbons (Fsp3) is 0.250. The molecule has 0 spiro atoms. The van der Waals surface area contributed by atoms with Gasteiger partial charge in [-0.3, -0.25) is 0 Å². The quantitative estimate of drug-likeness (QED) is 0.873. The van der Waals surface area contributed by atoms with E-state index < -0.39 is 0 Å². The van der Waals surface area contributed by atoms with Crippen LogP contribution in [0.4, 0.5) is 10.8 Å². The van der Waals surface area contributed by atoms with Crippen molar-refractivity contribution in [3.05, 3.63) is 34.8 Å². The van der Waals surface area contributed by atoms with Gasteiger partial charge in [0.05, 0.1) is 6.61 Å². The van der Waals surface area contributed by atoms with Crippen LogP contribution in [0.2, 0.25) is 0 Å². The molecule has 0 saturated carbocycles. The van der Waals surface area contributed by atoms with E-state index in [1.54, 1.807) is 11.3 Å². The fourth-order valence-corrected chi connectivity index (χ4v) is 2.56. The number of fused-ring (bicyclic) bond motifs is 1. The van der Waals surface area contributed by atoms with Gasteiger partial charge >= 0.3 is 0 Å². The number of hydrogen-bond acceptors (Lipinski definition) is 5. The van der Waals surface area contributed by atoms with Crippen LogP contribution < -0.4 is 15.8 Å². The van der Waals surface area contributed by atoms with Gasteiger partial charge in [0.25, 0.3) is 0 Å². The predicted octanol–water partition coefficient (Wildman–Crippen LogP) is 2.28. The Labute approximate surface area is 103 Å². The molecule has 3 rings (SSSR count). The lowest BCUT2D eigenvalue weighted by Gasteiger charge is -2.04. The number of nitrogens with one attached hydrogen (secondary N) is 1. The minimum atomic E-state index is 0.539. The summed E-state index contributed by atoms with van der Waals surface area (Å²) < 4.78 is 5.47. The molecule has 5 heteroatoms. The van der Waals surface area contributed by atoms with E-state index in [1.807, 2.05) is 18.3 Å². The molecule has 3 N–H and O–H groups in total. The van der Waals surface area contributed by atoms with Crippen LogP contribution in [-0.2, 0) is 13.0 Å². The highest BCUT2D eigenvalue weighted by atomic mass is 32.1. The van der Waals surface area contributed by atoms with Crippen LogP contribution in [0.15, 0.2) is 24.4 Å². The number of benzene rings is 1. The topological polar surface area (TPSA) is 60.2 Å². The zero-order valence-electron chi connectivity index (χ0n) is 9.27. The van der Waals surface area contributed by atoms with Crippen LogP contribution >= 0.6 is 11.3 Å².